The smallest absolute Gasteiger partial charge is 0.410 e. The fourth-order valence-electron chi connectivity index (χ4n) is 3.85. The fraction of sp³-hybridized carbons (Fsp3) is 0.929. The highest BCUT2D eigenvalue weighted by Crippen LogP contribution is 2.59. The fourth-order valence-corrected chi connectivity index (χ4v) is 3.85. The van der Waals surface area contributed by atoms with Crippen LogP contribution >= 0.6 is 0 Å². The van der Waals surface area contributed by atoms with E-state index in [9.17, 15) is 4.79 Å². The first-order valence-corrected chi connectivity index (χ1v) is 7.05. The van der Waals surface area contributed by atoms with Gasteiger partial charge in [0.25, 0.3) is 0 Å². The van der Waals surface area contributed by atoms with E-state index in [1.165, 1.54) is 19.3 Å². The molecule has 0 aromatic heterocycles. The van der Waals surface area contributed by atoms with Crippen molar-refractivity contribution >= 4 is 6.09 Å². The molecule has 4 fully saturated rings. The Bertz CT molecular complexity index is 370. The van der Waals surface area contributed by atoms with Crippen molar-refractivity contribution in [3.8, 4) is 0 Å². The number of fused-ring (bicyclic) bond motifs is 1. The van der Waals surface area contributed by atoms with Crippen molar-refractivity contribution in [3.05, 3.63) is 0 Å². The first-order chi connectivity index (χ1) is 8.36. The second-order valence-electron chi connectivity index (χ2n) is 7.13. The molecule has 2 aliphatic heterocycles. The van der Waals surface area contributed by atoms with E-state index in [1.807, 2.05) is 25.7 Å². The molecule has 18 heavy (non-hydrogen) atoms. The summed E-state index contributed by atoms with van der Waals surface area (Å²) in [4.78, 5) is 14.1. The van der Waals surface area contributed by atoms with Crippen molar-refractivity contribution in [1.82, 2.24) is 10.2 Å². The summed E-state index contributed by atoms with van der Waals surface area (Å²) in [6, 6.07) is 0.416. The van der Waals surface area contributed by atoms with Crippen molar-refractivity contribution in [3.63, 3.8) is 0 Å². The lowest BCUT2D eigenvalue weighted by molar-refractivity contribution is 0.0168. The predicted octanol–water partition coefficient (Wildman–Crippen LogP) is 1.99. The van der Waals surface area contributed by atoms with Gasteiger partial charge in [-0.1, -0.05) is 0 Å². The maximum absolute atomic E-state index is 12.2. The second kappa shape index (κ2) is 3.62. The first-order valence-electron chi connectivity index (χ1n) is 7.05. The SMILES string of the molecule is CNC1(C2[C@H]3C[C@@H]2N(C(=O)OC(C)(C)C)C3)CC1. The lowest BCUT2D eigenvalue weighted by Gasteiger charge is -2.42. The molecule has 1 unspecified atom stereocenters. The van der Waals surface area contributed by atoms with E-state index in [1.54, 1.807) is 0 Å². The summed E-state index contributed by atoms with van der Waals surface area (Å²) in [5.41, 5.74) is -0.0514. The molecule has 2 saturated heterocycles. The van der Waals surface area contributed by atoms with E-state index in [0.29, 0.717) is 23.4 Å². The van der Waals surface area contributed by atoms with Gasteiger partial charge in [-0.2, -0.15) is 0 Å². The van der Waals surface area contributed by atoms with Gasteiger partial charge in [0.1, 0.15) is 5.60 Å². The quantitative estimate of drug-likeness (QED) is 0.817. The van der Waals surface area contributed by atoms with Gasteiger partial charge in [0.2, 0.25) is 0 Å². The minimum Gasteiger partial charge on any atom is -0.444 e. The summed E-state index contributed by atoms with van der Waals surface area (Å²) in [5, 5.41) is 3.48. The molecule has 0 spiro atoms. The predicted molar refractivity (Wildman–Crippen MR) is 69.3 cm³/mol. The maximum atomic E-state index is 12.2. The standard InChI is InChI=1S/C14H24N2O2/c1-13(2,3)18-12(17)16-8-9-7-10(16)11(9)14(15-4)5-6-14/h9-11,15H,5-8H2,1-4H3/t9-,10-,11?/m0/s1. The number of amides is 1. The molecule has 2 aliphatic carbocycles. The van der Waals surface area contributed by atoms with Gasteiger partial charge in [0.05, 0.1) is 0 Å². The van der Waals surface area contributed by atoms with Crippen LogP contribution < -0.4 is 5.32 Å². The molecule has 0 aromatic rings. The summed E-state index contributed by atoms with van der Waals surface area (Å²) in [7, 11) is 2.06. The molecule has 4 rings (SSSR count). The molecule has 102 valence electrons. The molecule has 2 heterocycles. The number of hydrogen-bond donors (Lipinski definition) is 1. The molecular weight excluding hydrogens is 228 g/mol. The molecule has 1 amide bonds. The Kier molecular flexibility index (Phi) is 2.47. The van der Waals surface area contributed by atoms with E-state index in [0.717, 1.165) is 6.54 Å². The van der Waals surface area contributed by atoms with Crippen LogP contribution in [-0.2, 0) is 4.74 Å². The zero-order chi connectivity index (χ0) is 13.1. The molecule has 3 atom stereocenters. The van der Waals surface area contributed by atoms with Crippen LogP contribution in [0.3, 0.4) is 0 Å². The van der Waals surface area contributed by atoms with Crippen LogP contribution in [0.15, 0.2) is 0 Å². The average molecular weight is 252 g/mol. The van der Waals surface area contributed by atoms with Crippen molar-refractivity contribution in [2.45, 2.75) is 57.2 Å². The minimum absolute atomic E-state index is 0.121. The third kappa shape index (κ3) is 1.73. The van der Waals surface area contributed by atoms with Gasteiger partial charge in [-0.05, 0) is 53.0 Å². The normalized spacial score (nSPS) is 36.2. The van der Waals surface area contributed by atoms with Crippen LogP contribution in [0.5, 0.6) is 0 Å². The molecule has 0 radical (unpaired) electrons. The minimum atomic E-state index is -0.389. The van der Waals surface area contributed by atoms with Crippen LogP contribution in [0.1, 0.15) is 40.0 Å². The summed E-state index contributed by atoms with van der Waals surface area (Å²) in [6.45, 7) is 6.68. The van der Waals surface area contributed by atoms with E-state index < -0.39 is 0 Å². The van der Waals surface area contributed by atoms with Crippen molar-refractivity contribution in [2.24, 2.45) is 11.8 Å². The topological polar surface area (TPSA) is 41.6 Å². The molecule has 4 aliphatic rings. The Labute approximate surface area is 109 Å². The second-order valence-corrected chi connectivity index (χ2v) is 7.13. The van der Waals surface area contributed by atoms with Gasteiger partial charge >= 0.3 is 6.09 Å². The van der Waals surface area contributed by atoms with Crippen LogP contribution in [-0.4, -0.2) is 41.8 Å². The molecule has 1 N–H and O–H groups in total. The monoisotopic (exact) mass is 252 g/mol. The summed E-state index contributed by atoms with van der Waals surface area (Å²) in [6.07, 6.45) is 3.59. The van der Waals surface area contributed by atoms with Crippen LogP contribution in [0.25, 0.3) is 0 Å². The van der Waals surface area contributed by atoms with Crippen molar-refractivity contribution in [2.75, 3.05) is 13.6 Å². The van der Waals surface area contributed by atoms with Crippen LogP contribution in [0.2, 0.25) is 0 Å². The lowest BCUT2D eigenvalue weighted by Crippen LogP contribution is -2.53. The van der Waals surface area contributed by atoms with E-state index in [-0.39, 0.29) is 11.7 Å². The first kappa shape index (κ1) is 12.3. The van der Waals surface area contributed by atoms with Gasteiger partial charge in [-0.25, -0.2) is 4.79 Å². The Balaban J connectivity index is 1.66. The Morgan fingerprint density at radius 2 is 2.06 bits per heavy atom. The van der Waals surface area contributed by atoms with Crippen molar-refractivity contribution < 1.29 is 9.53 Å². The van der Waals surface area contributed by atoms with Gasteiger partial charge < -0.3 is 15.0 Å². The van der Waals surface area contributed by atoms with Crippen LogP contribution in [0, 0.1) is 11.8 Å². The maximum Gasteiger partial charge on any atom is 0.410 e. The third-order valence-corrected chi connectivity index (χ3v) is 4.85. The average Bonchev–Trinajstić information content (AvgIpc) is 2.74. The molecule has 0 aromatic carbocycles. The Morgan fingerprint density at radius 3 is 2.56 bits per heavy atom. The number of carbonyl (C=O) groups excluding carboxylic acids is 1. The molecule has 2 bridgehead atoms. The van der Waals surface area contributed by atoms with Gasteiger partial charge in [0, 0.05) is 24.0 Å². The Morgan fingerprint density at radius 1 is 1.39 bits per heavy atom. The molecule has 2 saturated carbocycles. The zero-order valence-electron chi connectivity index (χ0n) is 11.8. The number of nitrogens with one attached hydrogen (secondary N) is 1. The molecule has 4 heteroatoms. The van der Waals surface area contributed by atoms with Gasteiger partial charge in [0.15, 0.2) is 0 Å². The summed E-state index contributed by atoms with van der Waals surface area (Å²) >= 11 is 0. The summed E-state index contributed by atoms with van der Waals surface area (Å²) < 4.78 is 5.50. The van der Waals surface area contributed by atoms with E-state index in [2.05, 4.69) is 12.4 Å². The number of ether oxygens (including phenoxy) is 1. The number of rotatable bonds is 2. The van der Waals surface area contributed by atoms with Crippen molar-refractivity contribution in [1.29, 1.82) is 0 Å². The third-order valence-electron chi connectivity index (χ3n) is 4.85. The van der Waals surface area contributed by atoms with E-state index in [4.69, 9.17) is 4.74 Å². The number of carbonyl (C=O) groups is 1. The lowest BCUT2D eigenvalue weighted by atomic mass is 9.68. The largest absolute Gasteiger partial charge is 0.444 e. The highest BCUT2D eigenvalue weighted by Gasteiger charge is 2.65. The van der Waals surface area contributed by atoms with E-state index >= 15 is 0 Å². The van der Waals surface area contributed by atoms with Crippen LogP contribution in [0.4, 0.5) is 4.79 Å². The number of nitrogens with zero attached hydrogens (tertiary/aromatic N) is 1. The highest BCUT2D eigenvalue weighted by molar-refractivity contribution is 5.70. The summed E-state index contributed by atoms with van der Waals surface area (Å²) in [5.74, 6) is 1.35. The Hall–Kier alpha value is -0.770. The highest BCUT2D eigenvalue weighted by atomic mass is 16.6. The van der Waals surface area contributed by atoms with Gasteiger partial charge in [-0.3, -0.25) is 0 Å². The molecule has 4 nitrogen and oxygen atoms in total. The van der Waals surface area contributed by atoms with Gasteiger partial charge in [-0.15, -0.1) is 0 Å². The zero-order valence-corrected chi connectivity index (χ0v) is 11.8. The molecular formula is C14H24N2O2. The number of hydrogen-bond acceptors (Lipinski definition) is 3.